The predicted molar refractivity (Wildman–Crippen MR) is 79.3 cm³/mol. The molecule has 2 aromatic carbocycles. The lowest BCUT2D eigenvalue weighted by molar-refractivity contribution is 0.104. The first-order chi connectivity index (χ1) is 10.5. The zero-order valence-corrected chi connectivity index (χ0v) is 12.1. The molecule has 2 aromatic rings. The van der Waals surface area contributed by atoms with Gasteiger partial charge in [-0.1, -0.05) is 6.08 Å². The summed E-state index contributed by atoms with van der Waals surface area (Å²) in [4.78, 5) is 11.9. The molecule has 0 spiro atoms. The van der Waals surface area contributed by atoms with E-state index in [2.05, 4.69) is 0 Å². The van der Waals surface area contributed by atoms with Gasteiger partial charge in [0.1, 0.15) is 23.1 Å². The highest BCUT2D eigenvalue weighted by Crippen LogP contribution is 2.23. The quantitative estimate of drug-likeness (QED) is 0.621. The van der Waals surface area contributed by atoms with E-state index in [9.17, 15) is 13.6 Å². The first kappa shape index (κ1) is 15.7. The van der Waals surface area contributed by atoms with Gasteiger partial charge in [-0.05, 0) is 35.9 Å². The van der Waals surface area contributed by atoms with E-state index < -0.39 is 17.4 Å². The highest BCUT2D eigenvalue weighted by molar-refractivity contribution is 6.07. The van der Waals surface area contributed by atoms with Crippen LogP contribution in [0.3, 0.4) is 0 Å². The lowest BCUT2D eigenvalue weighted by Crippen LogP contribution is -1.99. The molecule has 0 atom stereocenters. The van der Waals surface area contributed by atoms with Crippen LogP contribution in [0, 0.1) is 11.6 Å². The Labute approximate surface area is 126 Å². The molecule has 22 heavy (non-hydrogen) atoms. The largest absolute Gasteiger partial charge is 0.497 e. The third-order valence-electron chi connectivity index (χ3n) is 3.00. The van der Waals surface area contributed by atoms with E-state index in [0.717, 1.165) is 12.1 Å². The molecular weight excluding hydrogens is 290 g/mol. The van der Waals surface area contributed by atoms with Crippen molar-refractivity contribution >= 4 is 11.9 Å². The van der Waals surface area contributed by atoms with E-state index in [0.29, 0.717) is 23.1 Å². The lowest BCUT2D eigenvalue weighted by Gasteiger charge is -2.05. The number of carbonyl (C=O) groups excluding carboxylic acids is 1. The minimum Gasteiger partial charge on any atom is -0.497 e. The summed E-state index contributed by atoms with van der Waals surface area (Å²) in [5.74, 6) is -1.04. The summed E-state index contributed by atoms with van der Waals surface area (Å²) in [5, 5.41) is 0. The highest BCUT2D eigenvalue weighted by atomic mass is 19.1. The van der Waals surface area contributed by atoms with Crippen molar-refractivity contribution in [2.75, 3.05) is 14.2 Å². The van der Waals surface area contributed by atoms with Gasteiger partial charge in [0, 0.05) is 12.1 Å². The Hall–Kier alpha value is -2.69. The topological polar surface area (TPSA) is 35.5 Å². The lowest BCUT2D eigenvalue weighted by atomic mass is 10.1. The van der Waals surface area contributed by atoms with Crippen LogP contribution in [-0.4, -0.2) is 20.0 Å². The third kappa shape index (κ3) is 3.69. The first-order valence-electron chi connectivity index (χ1n) is 6.44. The number of hydrogen-bond acceptors (Lipinski definition) is 3. The van der Waals surface area contributed by atoms with Crippen molar-refractivity contribution < 1.29 is 23.0 Å². The zero-order chi connectivity index (χ0) is 16.1. The van der Waals surface area contributed by atoms with E-state index in [-0.39, 0.29) is 5.56 Å². The van der Waals surface area contributed by atoms with Gasteiger partial charge in [-0.15, -0.1) is 0 Å². The number of benzene rings is 2. The summed E-state index contributed by atoms with van der Waals surface area (Å²) in [6, 6.07) is 7.93. The van der Waals surface area contributed by atoms with Gasteiger partial charge in [-0.3, -0.25) is 4.79 Å². The number of hydrogen-bond donors (Lipinski definition) is 0. The van der Waals surface area contributed by atoms with Crippen molar-refractivity contribution in [2.24, 2.45) is 0 Å². The summed E-state index contributed by atoms with van der Waals surface area (Å²) >= 11 is 0. The maximum absolute atomic E-state index is 13.5. The Bertz CT molecular complexity index is 702. The minimum atomic E-state index is -0.891. The molecule has 3 nitrogen and oxygen atoms in total. The van der Waals surface area contributed by atoms with Gasteiger partial charge in [0.25, 0.3) is 0 Å². The van der Waals surface area contributed by atoms with Crippen LogP contribution in [0.4, 0.5) is 8.78 Å². The molecule has 0 unspecified atom stereocenters. The molecule has 0 aromatic heterocycles. The molecular formula is C17H14F2O3. The molecule has 0 aliphatic rings. The molecule has 0 saturated carbocycles. The summed E-state index contributed by atoms with van der Waals surface area (Å²) < 4.78 is 36.6. The molecule has 0 bridgehead atoms. The summed E-state index contributed by atoms with van der Waals surface area (Å²) in [7, 11) is 3.03. The maximum Gasteiger partial charge on any atom is 0.188 e. The standard InChI is InChI=1S/C17H14F2O3/c1-21-13-7-11(8-14(10-13)22-2)3-6-17(20)15-5-4-12(18)9-16(15)19/h3-10H,1-2H3/b6-3+. The molecule has 2 rings (SSSR count). The second kappa shape index (κ2) is 6.85. The average molecular weight is 304 g/mol. The normalized spacial score (nSPS) is 10.7. The fourth-order valence-corrected chi connectivity index (χ4v) is 1.88. The van der Waals surface area contributed by atoms with Gasteiger partial charge in [0.15, 0.2) is 5.78 Å². The van der Waals surface area contributed by atoms with E-state index in [4.69, 9.17) is 9.47 Å². The van der Waals surface area contributed by atoms with E-state index in [1.54, 1.807) is 18.2 Å². The van der Waals surface area contributed by atoms with E-state index >= 15 is 0 Å². The number of allylic oxidation sites excluding steroid dienone is 1. The summed E-state index contributed by atoms with van der Waals surface area (Å²) in [6.07, 6.45) is 2.72. The van der Waals surface area contributed by atoms with Crippen molar-refractivity contribution in [3.63, 3.8) is 0 Å². The second-order valence-corrected chi connectivity index (χ2v) is 4.47. The Morgan fingerprint density at radius 3 is 2.18 bits per heavy atom. The number of carbonyl (C=O) groups is 1. The molecule has 0 radical (unpaired) electrons. The van der Waals surface area contributed by atoms with Crippen LogP contribution in [0.1, 0.15) is 15.9 Å². The molecule has 0 heterocycles. The molecule has 0 aliphatic heterocycles. The predicted octanol–water partition coefficient (Wildman–Crippen LogP) is 3.88. The van der Waals surface area contributed by atoms with E-state index in [1.807, 2.05) is 0 Å². The third-order valence-corrected chi connectivity index (χ3v) is 3.00. The van der Waals surface area contributed by atoms with Crippen LogP contribution >= 0.6 is 0 Å². The van der Waals surface area contributed by atoms with Crippen LogP contribution in [0.15, 0.2) is 42.5 Å². The fourth-order valence-electron chi connectivity index (χ4n) is 1.88. The maximum atomic E-state index is 13.5. The number of ether oxygens (including phenoxy) is 2. The Morgan fingerprint density at radius 1 is 1.00 bits per heavy atom. The van der Waals surface area contributed by atoms with Gasteiger partial charge in [0.05, 0.1) is 19.8 Å². The van der Waals surface area contributed by atoms with Crippen molar-refractivity contribution in [1.82, 2.24) is 0 Å². The van der Waals surface area contributed by atoms with Crippen LogP contribution in [0.25, 0.3) is 6.08 Å². The molecule has 5 heteroatoms. The molecule has 0 amide bonds. The number of ketones is 1. The highest BCUT2D eigenvalue weighted by Gasteiger charge is 2.09. The Kier molecular flexibility index (Phi) is 4.88. The van der Waals surface area contributed by atoms with Gasteiger partial charge in [-0.25, -0.2) is 8.78 Å². The van der Waals surface area contributed by atoms with Crippen molar-refractivity contribution in [2.45, 2.75) is 0 Å². The summed E-state index contributed by atoms with van der Waals surface area (Å²) in [6.45, 7) is 0. The van der Waals surface area contributed by atoms with Gasteiger partial charge in [-0.2, -0.15) is 0 Å². The Morgan fingerprint density at radius 2 is 1.64 bits per heavy atom. The monoisotopic (exact) mass is 304 g/mol. The molecule has 0 fully saturated rings. The SMILES string of the molecule is COc1cc(/C=C/C(=O)c2ccc(F)cc2F)cc(OC)c1. The van der Waals surface area contributed by atoms with Crippen LogP contribution in [0.2, 0.25) is 0 Å². The molecule has 114 valence electrons. The van der Waals surface area contributed by atoms with Crippen LogP contribution < -0.4 is 9.47 Å². The fraction of sp³-hybridized carbons (Fsp3) is 0.118. The average Bonchev–Trinajstić information content (AvgIpc) is 2.52. The van der Waals surface area contributed by atoms with Crippen molar-refractivity contribution in [3.05, 3.63) is 65.2 Å². The molecule has 0 N–H and O–H groups in total. The second-order valence-electron chi connectivity index (χ2n) is 4.47. The first-order valence-corrected chi connectivity index (χ1v) is 6.44. The van der Waals surface area contributed by atoms with Gasteiger partial charge in [0.2, 0.25) is 0 Å². The number of rotatable bonds is 5. The number of methoxy groups -OCH3 is 2. The Balaban J connectivity index is 2.26. The van der Waals surface area contributed by atoms with Crippen molar-refractivity contribution in [3.8, 4) is 11.5 Å². The molecule has 0 saturated heterocycles. The van der Waals surface area contributed by atoms with Gasteiger partial charge >= 0.3 is 0 Å². The number of halogens is 2. The minimum absolute atomic E-state index is 0.187. The smallest absolute Gasteiger partial charge is 0.188 e. The van der Waals surface area contributed by atoms with Crippen molar-refractivity contribution in [1.29, 1.82) is 0 Å². The van der Waals surface area contributed by atoms with Crippen LogP contribution in [-0.2, 0) is 0 Å². The van der Waals surface area contributed by atoms with E-state index in [1.165, 1.54) is 26.4 Å². The van der Waals surface area contributed by atoms with Crippen LogP contribution in [0.5, 0.6) is 11.5 Å². The van der Waals surface area contributed by atoms with Gasteiger partial charge < -0.3 is 9.47 Å². The molecule has 0 aliphatic carbocycles. The zero-order valence-electron chi connectivity index (χ0n) is 12.1. The summed E-state index contributed by atoms with van der Waals surface area (Å²) in [5.41, 5.74) is 0.472.